The van der Waals surface area contributed by atoms with Gasteiger partial charge in [0.15, 0.2) is 5.82 Å². The molecule has 0 amide bonds. The average Bonchev–Trinajstić information content (AvgIpc) is 2.69. The van der Waals surface area contributed by atoms with Gasteiger partial charge in [0.1, 0.15) is 5.69 Å². The fourth-order valence-electron chi connectivity index (χ4n) is 3.62. The zero-order valence-corrected chi connectivity index (χ0v) is 20.5. The van der Waals surface area contributed by atoms with Crippen LogP contribution in [0.4, 0.5) is 11.8 Å². The third-order valence-corrected chi connectivity index (χ3v) is 6.40. The summed E-state index contributed by atoms with van der Waals surface area (Å²) in [5, 5.41) is 9.46. The number of nitrogens with zero attached hydrogens (tertiary/aromatic N) is 5. The Balaban J connectivity index is 1.63. The number of anilines is 2. The molecular weight excluding hydrogens is 435 g/mol. The van der Waals surface area contributed by atoms with Gasteiger partial charge in [-0.05, 0) is 47.1 Å². The molecule has 1 aromatic carbocycles. The van der Waals surface area contributed by atoms with E-state index in [1.54, 1.807) is 18.2 Å². The van der Waals surface area contributed by atoms with Crippen LogP contribution in [0.2, 0.25) is 10.0 Å². The van der Waals surface area contributed by atoms with Crippen molar-refractivity contribution in [3.63, 3.8) is 0 Å². The predicted octanol–water partition coefficient (Wildman–Crippen LogP) is 4.53. The molecule has 7 nitrogen and oxygen atoms in total. The second-order valence-electron chi connectivity index (χ2n) is 9.44. The minimum absolute atomic E-state index is 0.0582. The second kappa shape index (κ2) is 9.45. The molecule has 3 rings (SSSR count). The van der Waals surface area contributed by atoms with Crippen LogP contribution in [0.3, 0.4) is 0 Å². The van der Waals surface area contributed by atoms with E-state index in [0.29, 0.717) is 27.3 Å². The Morgan fingerprint density at radius 3 is 2.32 bits per heavy atom. The van der Waals surface area contributed by atoms with Crippen LogP contribution in [0.1, 0.15) is 41.0 Å². The Labute approximate surface area is 194 Å². The zero-order chi connectivity index (χ0) is 22.8. The molecule has 0 radical (unpaired) electrons. The van der Waals surface area contributed by atoms with Gasteiger partial charge >= 0.3 is 0 Å². The summed E-state index contributed by atoms with van der Waals surface area (Å²) < 4.78 is 5.93. The monoisotopic (exact) mass is 466 g/mol. The van der Waals surface area contributed by atoms with Crippen molar-refractivity contribution < 1.29 is 4.74 Å². The Morgan fingerprint density at radius 1 is 1.03 bits per heavy atom. The van der Waals surface area contributed by atoms with Crippen molar-refractivity contribution in [1.29, 1.82) is 0 Å². The molecule has 0 unspecified atom stereocenters. The lowest BCUT2D eigenvalue weighted by Gasteiger charge is -2.44. The van der Waals surface area contributed by atoms with Gasteiger partial charge in [0, 0.05) is 43.9 Å². The summed E-state index contributed by atoms with van der Waals surface area (Å²) in [4.78, 5) is 9.11. The minimum atomic E-state index is -0.111. The number of nitrogens with two attached hydrogens (primary N) is 1. The van der Waals surface area contributed by atoms with Gasteiger partial charge in [0.05, 0.1) is 15.6 Å². The van der Waals surface area contributed by atoms with Crippen molar-refractivity contribution in [2.75, 3.05) is 43.4 Å². The topological polar surface area (TPSA) is 80.4 Å². The molecule has 31 heavy (non-hydrogen) atoms. The van der Waals surface area contributed by atoms with Crippen LogP contribution in [-0.2, 0) is 4.74 Å². The van der Waals surface area contributed by atoms with E-state index in [9.17, 15) is 0 Å². The molecule has 170 valence electrons. The number of hydrogen-bond donors (Lipinski definition) is 1. The summed E-state index contributed by atoms with van der Waals surface area (Å²) in [5.74, 6) is 0.823. The predicted molar refractivity (Wildman–Crippen MR) is 128 cm³/mol. The number of nitrogen functional groups attached to an aromatic ring is 1. The molecular formula is C22H32Cl2N6O. The third kappa shape index (κ3) is 5.98. The Kier molecular flexibility index (Phi) is 7.31. The number of hydrogen-bond acceptors (Lipinski definition) is 7. The maximum Gasteiger partial charge on any atom is 0.247 e. The maximum atomic E-state index is 6.30. The van der Waals surface area contributed by atoms with Gasteiger partial charge in [0.25, 0.3) is 0 Å². The largest absolute Gasteiger partial charge is 0.382 e. The summed E-state index contributed by atoms with van der Waals surface area (Å²) in [6.45, 7) is 15.0. The maximum absolute atomic E-state index is 6.30. The summed E-state index contributed by atoms with van der Waals surface area (Å²) in [7, 11) is 0. The zero-order valence-electron chi connectivity index (χ0n) is 19.0. The molecule has 1 aliphatic rings. The van der Waals surface area contributed by atoms with Gasteiger partial charge in [0.2, 0.25) is 5.95 Å². The number of aromatic nitrogens is 3. The molecule has 9 heteroatoms. The van der Waals surface area contributed by atoms with Gasteiger partial charge in [-0.2, -0.15) is 4.98 Å². The minimum Gasteiger partial charge on any atom is -0.382 e. The molecule has 0 saturated carbocycles. The molecule has 1 fully saturated rings. The average molecular weight is 467 g/mol. The van der Waals surface area contributed by atoms with E-state index in [4.69, 9.17) is 33.7 Å². The van der Waals surface area contributed by atoms with E-state index in [1.165, 1.54) is 0 Å². The van der Waals surface area contributed by atoms with E-state index in [1.807, 2.05) is 0 Å². The van der Waals surface area contributed by atoms with Crippen LogP contribution in [0, 0.1) is 0 Å². The van der Waals surface area contributed by atoms with Gasteiger partial charge < -0.3 is 15.4 Å². The van der Waals surface area contributed by atoms with Crippen LogP contribution in [0.5, 0.6) is 0 Å². The summed E-state index contributed by atoms with van der Waals surface area (Å²) in [5.41, 5.74) is 7.21. The quantitative estimate of drug-likeness (QED) is 0.669. The van der Waals surface area contributed by atoms with Crippen molar-refractivity contribution in [2.24, 2.45) is 0 Å². The van der Waals surface area contributed by atoms with Crippen LogP contribution >= 0.6 is 23.2 Å². The third-order valence-electron chi connectivity index (χ3n) is 5.58. The van der Waals surface area contributed by atoms with Crippen LogP contribution in [-0.4, -0.2) is 64.0 Å². The normalized spacial score (nSPS) is 16.0. The highest BCUT2D eigenvalue weighted by Crippen LogP contribution is 2.34. The molecule has 0 atom stereocenters. The number of rotatable bonds is 6. The Hall–Kier alpha value is -1.67. The van der Waals surface area contributed by atoms with E-state index >= 15 is 0 Å². The lowest BCUT2D eigenvalue weighted by molar-refractivity contribution is -0.0251. The van der Waals surface area contributed by atoms with E-state index in [0.717, 1.165) is 39.2 Å². The number of halogens is 2. The molecule has 0 spiro atoms. The fraction of sp³-hybridized carbons (Fsp3) is 0.591. The summed E-state index contributed by atoms with van der Waals surface area (Å²) >= 11 is 12.4. The molecule has 1 aliphatic heterocycles. The molecule has 0 aliphatic carbocycles. The van der Waals surface area contributed by atoms with Crippen LogP contribution in [0.15, 0.2) is 18.2 Å². The first-order chi connectivity index (χ1) is 14.5. The molecule has 1 aromatic heterocycles. The van der Waals surface area contributed by atoms with E-state index < -0.39 is 0 Å². The highest BCUT2D eigenvalue weighted by atomic mass is 35.5. The number of piperazine rings is 1. The van der Waals surface area contributed by atoms with Gasteiger partial charge in [-0.1, -0.05) is 35.3 Å². The molecule has 2 N–H and O–H groups in total. The summed E-state index contributed by atoms with van der Waals surface area (Å²) in [6.07, 6.45) is 0.977. The molecule has 2 heterocycles. The Bertz CT molecular complexity index is 907. The lowest BCUT2D eigenvalue weighted by Crippen LogP contribution is -2.55. The summed E-state index contributed by atoms with van der Waals surface area (Å²) in [6, 6.07) is 5.32. The number of benzene rings is 1. The van der Waals surface area contributed by atoms with E-state index in [-0.39, 0.29) is 17.0 Å². The smallest absolute Gasteiger partial charge is 0.247 e. The first-order valence-corrected chi connectivity index (χ1v) is 11.3. The van der Waals surface area contributed by atoms with Crippen molar-refractivity contribution in [3.05, 3.63) is 28.2 Å². The standard InChI is InChI=1S/C22H32Cl2N6O/c1-21(2,3)31-14-9-22(4,5)30-12-10-29(11-13-30)20-26-19(25)18(27-28-20)15-7-6-8-16(23)17(15)24/h6-8H,9-14H2,1-5H3,(H2,25,26,28). The number of ether oxygens (including phenoxy) is 1. The molecule has 0 bridgehead atoms. The van der Waals surface area contributed by atoms with Gasteiger partial charge in [-0.15, -0.1) is 10.2 Å². The SMILES string of the molecule is CC(C)(C)OCCC(C)(C)N1CCN(c2nnc(-c3cccc(Cl)c3Cl)c(N)n2)CC1. The van der Waals surface area contributed by atoms with Crippen molar-refractivity contribution in [2.45, 2.75) is 52.2 Å². The van der Waals surface area contributed by atoms with Crippen molar-refractivity contribution in [3.8, 4) is 11.3 Å². The highest BCUT2D eigenvalue weighted by molar-refractivity contribution is 6.43. The van der Waals surface area contributed by atoms with Crippen LogP contribution < -0.4 is 10.6 Å². The van der Waals surface area contributed by atoms with Gasteiger partial charge in [-0.3, -0.25) is 4.90 Å². The first kappa shape index (κ1) is 24.0. The van der Waals surface area contributed by atoms with Crippen molar-refractivity contribution in [1.82, 2.24) is 20.1 Å². The second-order valence-corrected chi connectivity index (χ2v) is 10.2. The van der Waals surface area contributed by atoms with E-state index in [2.05, 4.69) is 59.6 Å². The Morgan fingerprint density at radius 2 is 1.71 bits per heavy atom. The molecule has 2 aromatic rings. The molecule has 1 saturated heterocycles. The van der Waals surface area contributed by atoms with Crippen LogP contribution in [0.25, 0.3) is 11.3 Å². The van der Waals surface area contributed by atoms with Gasteiger partial charge in [-0.25, -0.2) is 0 Å². The first-order valence-electron chi connectivity index (χ1n) is 10.6. The fourth-order valence-corrected chi connectivity index (χ4v) is 4.01. The highest BCUT2D eigenvalue weighted by Gasteiger charge is 2.31. The van der Waals surface area contributed by atoms with Crippen molar-refractivity contribution >= 4 is 35.0 Å². The lowest BCUT2D eigenvalue weighted by atomic mass is 9.97.